The molecule has 2 amide bonds. The fourth-order valence-electron chi connectivity index (χ4n) is 4.69. The van der Waals surface area contributed by atoms with Gasteiger partial charge in [-0.1, -0.05) is 11.6 Å². The third-order valence-corrected chi connectivity index (χ3v) is 6.56. The molecule has 5 rings (SSSR count). The largest absolute Gasteiger partial charge is 0.478 e. The molecule has 0 spiro atoms. The Hall–Kier alpha value is -4.19. The van der Waals surface area contributed by atoms with Crippen LogP contribution in [0.3, 0.4) is 0 Å². The van der Waals surface area contributed by atoms with Gasteiger partial charge in [-0.25, -0.2) is 13.6 Å². The van der Waals surface area contributed by atoms with E-state index < -0.39 is 41.0 Å². The number of benzene rings is 2. The standard InChI is InChI=1S/C23H17ClF2N6O4/c24-15-4-6-17(31-10-27-29-30-31)20(21(15)26)11-7-13-2-5-18(32(13)19(33)8-11)22(34)28-12-1-3-14(23(35)36)16(25)9-12/h1,3-4,6,8-10,13,18H,2,5,7H2,(H,28,34)(H,35,36)/t13-,18-/m0/s1. The number of hydrogen-bond donors (Lipinski definition) is 2. The number of fused-ring (bicyclic) bond motifs is 1. The number of aromatic carboxylic acids is 1. The second-order valence-corrected chi connectivity index (χ2v) is 8.77. The van der Waals surface area contributed by atoms with Crippen molar-refractivity contribution in [2.24, 2.45) is 0 Å². The third kappa shape index (κ3) is 4.09. The monoisotopic (exact) mass is 514 g/mol. The number of carboxylic acid groups (broad SMARTS) is 1. The van der Waals surface area contributed by atoms with Gasteiger partial charge in [-0.05, 0) is 65.6 Å². The Morgan fingerprint density at radius 1 is 1.17 bits per heavy atom. The number of halogens is 3. The summed E-state index contributed by atoms with van der Waals surface area (Å²) in [5, 5.41) is 22.3. The zero-order valence-electron chi connectivity index (χ0n) is 18.4. The Kier molecular flexibility index (Phi) is 5.96. The molecule has 0 bridgehead atoms. The molecular weight excluding hydrogens is 498 g/mol. The lowest BCUT2D eigenvalue weighted by molar-refractivity contribution is -0.135. The van der Waals surface area contributed by atoms with E-state index in [1.54, 1.807) is 6.07 Å². The fourth-order valence-corrected chi connectivity index (χ4v) is 4.84. The van der Waals surface area contributed by atoms with Crippen LogP contribution in [0.5, 0.6) is 0 Å². The lowest BCUT2D eigenvalue weighted by atomic mass is 9.92. The number of anilines is 1. The zero-order valence-corrected chi connectivity index (χ0v) is 19.1. The minimum Gasteiger partial charge on any atom is -0.478 e. The van der Waals surface area contributed by atoms with Crippen molar-refractivity contribution in [2.45, 2.75) is 31.3 Å². The highest BCUT2D eigenvalue weighted by Gasteiger charge is 2.43. The van der Waals surface area contributed by atoms with Gasteiger partial charge in [-0.15, -0.1) is 5.10 Å². The van der Waals surface area contributed by atoms with Gasteiger partial charge < -0.3 is 15.3 Å². The molecule has 2 N–H and O–H groups in total. The number of hydrogen-bond acceptors (Lipinski definition) is 6. The molecule has 2 aliphatic rings. The van der Waals surface area contributed by atoms with Crippen LogP contribution >= 0.6 is 11.6 Å². The van der Waals surface area contributed by atoms with E-state index in [1.807, 2.05) is 0 Å². The molecule has 1 aromatic heterocycles. The molecule has 1 fully saturated rings. The molecule has 3 heterocycles. The van der Waals surface area contributed by atoms with Gasteiger partial charge in [0.25, 0.3) is 0 Å². The van der Waals surface area contributed by atoms with Gasteiger partial charge >= 0.3 is 5.97 Å². The van der Waals surface area contributed by atoms with Gasteiger partial charge in [0.2, 0.25) is 11.8 Å². The highest BCUT2D eigenvalue weighted by Crippen LogP contribution is 2.40. The maximum absolute atomic E-state index is 15.2. The number of amides is 2. The predicted octanol–water partition coefficient (Wildman–Crippen LogP) is 3.08. The van der Waals surface area contributed by atoms with E-state index in [1.165, 1.54) is 34.1 Å². The number of rotatable bonds is 5. The topological polar surface area (TPSA) is 130 Å². The summed E-state index contributed by atoms with van der Waals surface area (Å²) in [6.07, 6.45) is 3.66. The summed E-state index contributed by atoms with van der Waals surface area (Å²) in [5.41, 5.74) is 0.364. The van der Waals surface area contributed by atoms with Crippen LogP contribution in [-0.2, 0) is 9.59 Å². The molecule has 10 nitrogen and oxygen atoms in total. The summed E-state index contributed by atoms with van der Waals surface area (Å²) in [7, 11) is 0. The van der Waals surface area contributed by atoms with Crippen LogP contribution in [0.4, 0.5) is 14.5 Å². The van der Waals surface area contributed by atoms with Crippen LogP contribution in [0.1, 0.15) is 35.2 Å². The van der Waals surface area contributed by atoms with Crippen LogP contribution < -0.4 is 5.32 Å². The Balaban J connectivity index is 1.41. The van der Waals surface area contributed by atoms with Crippen molar-refractivity contribution in [1.29, 1.82) is 0 Å². The highest BCUT2D eigenvalue weighted by molar-refractivity contribution is 6.31. The van der Waals surface area contributed by atoms with E-state index in [0.29, 0.717) is 24.1 Å². The zero-order chi connectivity index (χ0) is 25.6. The van der Waals surface area contributed by atoms with E-state index in [4.69, 9.17) is 16.7 Å². The second kappa shape index (κ2) is 9.11. The first-order valence-corrected chi connectivity index (χ1v) is 11.2. The van der Waals surface area contributed by atoms with Gasteiger partial charge in [0, 0.05) is 23.4 Å². The van der Waals surface area contributed by atoms with Crippen molar-refractivity contribution < 1.29 is 28.3 Å². The quantitative estimate of drug-likeness (QED) is 0.535. The average Bonchev–Trinajstić information content (AvgIpc) is 3.51. The van der Waals surface area contributed by atoms with Gasteiger partial charge in [0.05, 0.1) is 16.3 Å². The SMILES string of the molecule is O=C(O)c1ccc(NC(=O)[C@@H]2CC[C@H]3CC(c4c(-n5cnnn5)ccc(Cl)c4F)=CC(=O)N32)cc1F. The van der Waals surface area contributed by atoms with Crippen LogP contribution in [0.15, 0.2) is 42.7 Å². The minimum absolute atomic E-state index is 0.0683. The molecule has 0 radical (unpaired) electrons. The fraction of sp³-hybridized carbons (Fsp3) is 0.217. The van der Waals surface area contributed by atoms with Crippen LogP contribution in [0.2, 0.25) is 5.02 Å². The first kappa shape index (κ1) is 23.5. The molecule has 2 aliphatic heterocycles. The maximum atomic E-state index is 15.2. The van der Waals surface area contributed by atoms with E-state index in [9.17, 15) is 18.8 Å². The first-order valence-electron chi connectivity index (χ1n) is 10.8. The molecule has 0 unspecified atom stereocenters. The number of nitrogens with one attached hydrogen (secondary N) is 1. The van der Waals surface area contributed by atoms with Crippen molar-refractivity contribution in [3.05, 3.63) is 70.5 Å². The molecule has 184 valence electrons. The Morgan fingerprint density at radius 2 is 1.97 bits per heavy atom. The molecule has 3 aromatic rings. The molecule has 2 aromatic carbocycles. The third-order valence-electron chi connectivity index (χ3n) is 6.27. The van der Waals surface area contributed by atoms with E-state index in [-0.39, 0.29) is 28.7 Å². The molecule has 13 heteroatoms. The molecule has 1 saturated heterocycles. The summed E-state index contributed by atoms with van der Waals surface area (Å²) in [4.78, 5) is 38.5. The van der Waals surface area contributed by atoms with Gasteiger partial charge in [-0.2, -0.15) is 4.68 Å². The first-order chi connectivity index (χ1) is 17.2. The predicted molar refractivity (Wildman–Crippen MR) is 122 cm³/mol. The second-order valence-electron chi connectivity index (χ2n) is 8.37. The number of aromatic nitrogens is 4. The summed E-state index contributed by atoms with van der Waals surface area (Å²) >= 11 is 6.02. The Morgan fingerprint density at radius 3 is 2.67 bits per heavy atom. The molecule has 0 aliphatic carbocycles. The number of carbonyl (C=O) groups is 3. The number of carbonyl (C=O) groups excluding carboxylic acids is 2. The van der Waals surface area contributed by atoms with Gasteiger partial charge in [0.15, 0.2) is 5.82 Å². The highest BCUT2D eigenvalue weighted by atomic mass is 35.5. The Labute approximate surface area is 207 Å². The summed E-state index contributed by atoms with van der Waals surface area (Å²) in [6.45, 7) is 0. The number of carboxylic acids is 1. The normalized spacial score (nSPS) is 19.1. The Bertz CT molecular complexity index is 1430. The lowest BCUT2D eigenvalue weighted by Crippen LogP contribution is -2.48. The summed E-state index contributed by atoms with van der Waals surface area (Å²) < 4.78 is 30.4. The van der Waals surface area contributed by atoms with Gasteiger partial charge in [-0.3, -0.25) is 9.59 Å². The maximum Gasteiger partial charge on any atom is 0.338 e. The van der Waals surface area contributed by atoms with Crippen molar-refractivity contribution in [1.82, 2.24) is 25.1 Å². The van der Waals surface area contributed by atoms with Crippen LogP contribution in [-0.4, -0.2) is 60.1 Å². The van der Waals surface area contributed by atoms with Gasteiger partial charge in [0.1, 0.15) is 18.2 Å². The van der Waals surface area contributed by atoms with Crippen LogP contribution in [0, 0.1) is 11.6 Å². The van der Waals surface area contributed by atoms with Crippen molar-refractivity contribution in [3.8, 4) is 5.69 Å². The number of tetrazole rings is 1. The molecule has 0 saturated carbocycles. The van der Waals surface area contributed by atoms with Crippen molar-refractivity contribution in [2.75, 3.05) is 5.32 Å². The number of nitrogens with zero attached hydrogens (tertiary/aromatic N) is 5. The van der Waals surface area contributed by atoms with Crippen LogP contribution in [0.25, 0.3) is 11.3 Å². The van der Waals surface area contributed by atoms with E-state index in [0.717, 1.165) is 12.1 Å². The lowest BCUT2D eigenvalue weighted by Gasteiger charge is -2.33. The average molecular weight is 515 g/mol. The molecular formula is C23H17ClF2N6O4. The summed E-state index contributed by atoms with van der Waals surface area (Å²) in [6, 6.07) is 4.95. The smallest absolute Gasteiger partial charge is 0.338 e. The summed E-state index contributed by atoms with van der Waals surface area (Å²) in [5.74, 6) is -4.14. The van der Waals surface area contributed by atoms with E-state index in [2.05, 4.69) is 20.8 Å². The van der Waals surface area contributed by atoms with Crippen molar-refractivity contribution in [3.63, 3.8) is 0 Å². The molecule has 36 heavy (non-hydrogen) atoms. The molecule has 2 atom stereocenters. The minimum atomic E-state index is -1.43. The van der Waals surface area contributed by atoms with Crippen molar-refractivity contribution >= 4 is 40.6 Å². The van der Waals surface area contributed by atoms with E-state index >= 15 is 4.39 Å².